The van der Waals surface area contributed by atoms with Crippen molar-refractivity contribution in [2.45, 2.75) is 103 Å². The van der Waals surface area contributed by atoms with E-state index in [1.807, 2.05) is 30.3 Å². The number of rotatable bonds is 18. The maximum atomic E-state index is 14.0. The van der Waals surface area contributed by atoms with E-state index in [0.717, 1.165) is 50.1 Å². The van der Waals surface area contributed by atoms with Crippen molar-refractivity contribution in [1.29, 1.82) is 0 Å². The number of carbonyl (C=O) groups excluding carboxylic acids is 2. The van der Waals surface area contributed by atoms with Gasteiger partial charge in [0.2, 0.25) is 12.3 Å². The first-order valence-electron chi connectivity index (χ1n) is 15.3. The quantitative estimate of drug-likeness (QED) is 0.219. The molecule has 3 N–H and O–H groups in total. The zero-order valence-corrected chi connectivity index (χ0v) is 25.1. The molecule has 3 rings (SSSR count). The standard InChI is InChI=1S/C33H47F2N3O4/c1-4-6-13-28(10-5-2)38(22-39)20-23(3)33(41)37-31(16-25-14-26(34)17-27(35)15-25)32(40)30-18-29(19-36-30)42-21-24-11-8-7-9-12-24/h7-9,11-12,14-15,17,22-23,28-32,36,40H,4-6,10,13,16,18-21H2,1-3H3,(H,37,41). The van der Waals surface area contributed by atoms with Crippen LogP contribution in [0, 0.1) is 17.6 Å². The van der Waals surface area contributed by atoms with Crippen molar-refractivity contribution in [3.8, 4) is 0 Å². The number of hydrogen-bond acceptors (Lipinski definition) is 5. The summed E-state index contributed by atoms with van der Waals surface area (Å²) in [6.45, 7) is 7.16. The zero-order chi connectivity index (χ0) is 30.5. The van der Waals surface area contributed by atoms with Crippen molar-refractivity contribution in [2.75, 3.05) is 13.1 Å². The first-order valence-corrected chi connectivity index (χ1v) is 15.3. The molecule has 1 aliphatic rings. The van der Waals surface area contributed by atoms with E-state index < -0.39 is 29.7 Å². The summed E-state index contributed by atoms with van der Waals surface area (Å²) < 4.78 is 34.0. The van der Waals surface area contributed by atoms with Gasteiger partial charge < -0.3 is 25.4 Å². The number of aliphatic hydroxyl groups excluding tert-OH is 1. The van der Waals surface area contributed by atoms with Gasteiger partial charge in [-0.2, -0.15) is 0 Å². The van der Waals surface area contributed by atoms with Crippen molar-refractivity contribution < 1.29 is 28.2 Å². The van der Waals surface area contributed by atoms with Crippen molar-refractivity contribution >= 4 is 12.3 Å². The summed E-state index contributed by atoms with van der Waals surface area (Å²) in [5, 5.41) is 17.7. The predicted molar refractivity (Wildman–Crippen MR) is 160 cm³/mol. The predicted octanol–water partition coefficient (Wildman–Crippen LogP) is 4.75. The van der Waals surface area contributed by atoms with Crippen LogP contribution in [0.1, 0.15) is 70.4 Å². The molecule has 9 heteroatoms. The number of benzene rings is 2. The van der Waals surface area contributed by atoms with Crippen LogP contribution in [-0.4, -0.2) is 65.7 Å². The van der Waals surface area contributed by atoms with E-state index in [4.69, 9.17) is 4.74 Å². The monoisotopic (exact) mass is 587 g/mol. The number of aliphatic hydroxyl groups is 1. The number of nitrogens with one attached hydrogen (secondary N) is 2. The van der Waals surface area contributed by atoms with Crippen molar-refractivity contribution in [3.05, 3.63) is 71.3 Å². The molecule has 2 aromatic carbocycles. The normalized spacial score (nSPS) is 19.6. The highest BCUT2D eigenvalue weighted by atomic mass is 19.1. The topological polar surface area (TPSA) is 90.9 Å². The SMILES string of the molecule is CCCCC(CCC)N(C=O)CC(C)C(=O)NC(Cc1cc(F)cc(F)c1)C(O)C1CC(OCc2ccccc2)CN1. The Balaban J connectivity index is 1.69. The van der Waals surface area contributed by atoms with Gasteiger partial charge in [-0.25, -0.2) is 8.78 Å². The molecule has 42 heavy (non-hydrogen) atoms. The lowest BCUT2D eigenvalue weighted by Crippen LogP contribution is -2.54. The molecule has 2 amide bonds. The minimum Gasteiger partial charge on any atom is -0.389 e. The average Bonchev–Trinajstić information content (AvgIpc) is 3.45. The molecule has 0 bridgehead atoms. The first-order chi connectivity index (χ1) is 20.2. The van der Waals surface area contributed by atoms with Crippen LogP contribution < -0.4 is 10.6 Å². The Kier molecular flexibility index (Phi) is 13.8. The Labute approximate surface area is 249 Å². The van der Waals surface area contributed by atoms with Crippen molar-refractivity contribution in [2.24, 2.45) is 5.92 Å². The van der Waals surface area contributed by atoms with Crippen LogP contribution in [0.15, 0.2) is 48.5 Å². The summed E-state index contributed by atoms with van der Waals surface area (Å²) in [7, 11) is 0. The lowest BCUT2D eigenvalue weighted by molar-refractivity contribution is -0.129. The number of carbonyl (C=O) groups is 2. The van der Waals surface area contributed by atoms with Crippen LogP contribution >= 0.6 is 0 Å². The zero-order valence-electron chi connectivity index (χ0n) is 25.1. The third-order valence-corrected chi connectivity index (χ3v) is 8.03. The molecule has 0 aliphatic carbocycles. The van der Waals surface area contributed by atoms with Gasteiger partial charge in [0.05, 0.1) is 30.8 Å². The van der Waals surface area contributed by atoms with Gasteiger partial charge in [0.1, 0.15) is 11.6 Å². The van der Waals surface area contributed by atoms with Gasteiger partial charge in [-0.1, -0.05) is 70.4 Å². The number of halogens is 2. The highest BCUT2D eigenvalue weighted by Gasteiger charge is 2.36. The lowest BCUT2D eigenvalue weighted by atomic mass is 9.94. The molecular formula is C33H47F2N3O4. The average molecular weight is 588 g/mol. The van der Waals surface area contributed by atoms with Crippen molar-refractivity contribution in [1.82, 2.24) is 15.5 Å². The smallest absolute Gasteiger partial charge is 0.224 e. The van der Waals surface area contributed by atoms with Gasteiger partial charge in [0, 0.05) is 31.2 Å². The number of ether oxygens (including phenoxy) is 1. The molecule has 232 valence electrons. The van der Waals surface area contributed by atoms with E-state index in [2.05, 4.69) is 24.5 Å². The fourth-order valence-electron chi connectivity index (χ4n) is 5.68. The number of nitrogens with zero attached hydrogens (tertiary/aromatic N) is 1. The molecule has 6 atom stereocenters. The first kappa shape index (κ1) is 33.6. The summed E-state index contributed by atoms with van der Waals surface area (Å²) in [6, 6.07) is 11.9. The van der Waals surface area contributed by atoms with E-state index in [0.29, 0.717) is 25.1 Å². The fourth-order valence-corrected chi connectivity index (χ4v) is 5.68. The molecule has 1 heterocycles. The second-order valence-electron chi connectivity index (χ2n) is 11.5. The molecule has 2 aromatic rings. The maximum Gasteiger partial charge on any atom is 0.224 e. The summed E-state index contributed by atoms with van der Waals surface area (Å²) in [5.74, 6) is -2.32. The maximum absolute atomic E-state index is 14.0. The minimum atomic E-state index is -1.04. The number of unbranched alkanes of at least 4 members (excludes halogenated alkanes) is 1. The molecule has 0 radical (unpaired) electrons. The van der Waals surface area contributed by atoms with E-state index >= 15 is 0 Å². The number of hydrogen-bond donors (Lipinski definition) is 3. The highest BCUT2D eigenvalue weighted by Crippen LogP contribution is 2.21. The molecule has 1 fully saturated rings. The highest BCUT2D eigenvalue weighted by molar-refractivity contribution is 5.79. The second kappa shape index (κ2) is 17.3. The molecule has 1 aliphatic heterocycles. The second-order valence-corrected chi connectivity index (χ2v) is 11.5. The molecule has 0 aromatic heterocycles. The van der Waals surface area contributed by atoms with Crippen LogP contribution in [0.3, 0.4) is 0 Å². The molecule has 1 saturated heterocycles. The van der Waals surface area contributed by atoms with Gasteiger partial charge >= 0.3 is 0 Å². The Morgan fingerprint density at radius 2 is 1.83 bits per heavy atom. The summed E-state index contributed by atoms with van der Waals surface area (Å²) in [5.41, 5.74) is 1.38. The minimum absolute atomic E-state index is 0.0361. The third kappa shape index (κ3) is 10.4. The van der Waals surface area contributed by atoms with Gasteiger partial charge in [-0.15, -0.1) is 0 Å². The van der Waals surface area contributed by atoms with Crippen LogP contribution in [0.2, 0.25) is 0 Å². The largest absolute Gasteiger partial charge is 0.389 e. The van der Waals surface area contributed by atoms with E-state index in [-0.39, 0.29) is 37.1 Å². The lowest BCUT2D eigenvalue weighted by Gasteiger charge is -2.32. The summed E-state index contributed by atoms with van der Waals surface area (Å²) in [6.07, 6.45) is 4.89. The van der Waals surface area contributed by atoms with Gasteiger partial charge in [-0.05, 0) is 48.9 Å². The Bertz CT molecular complexity index is 1090. The molecule has 6 unspecified atom stereocenters. The number of amides is 2. The van der Waals surface area contributed by atoms with Gasteiger partial charge in [0.15, 0.2) is 0 Å². The van der Waals surface area contributed by atoms with Gasteiger partial charge in [-0.3, -0.25) is 9.59 Å². The molecule has 0 saturated carbocycles. The van der Waals surface area contributed by atoms with Crippen LogP contribution in [0.25, 0.3) is 0 Å². The Hall–Kier alpha value is -2.88. The third-order valence-electron chi connectivity index (χ3n) is 8.03. The Morgan fingerprint density at radius 3 is 2.48 bits per heavy atom. The summed E-state index contributed by atoms with van der Waals surface area (Å²) >= 11 is 0. The Morgan fingerprint density at radius 1 is 1.12 bits per heavy atom. The molecular weight excluding hydrogens is 540 g/mol. The fraction of sp³-hybridized carbons (Fsp3) is 0.576. The van der Waals surface area contributed by atoms with Crippen LogP contribution in [0.5, 0.6) is 0 Å². The van der Waals surface area contributed by atoms with E-state index in [9.17, 15) is 23.5 Å². The molecule has 0 spiro atoms. The van der Waals surface area contributed by atoms with Gasteiger partial charge in [0.25, 0.3) is 0 Å². The van der Waals surface area contributed by atoms with Crippen LogP contribution in [0.4, 0.5) is 8.78 Å². The van der Waals surface area contributed by atoms with Crippen LogP contribution in [-0.2, 0) is 27.4 Å². The van der Waals surface area contributed by atoms with E-state index in [1.165, 1.54) is 12.1 Å². The van der Waals surface area contributed by atoms with E-state index in [1.54, 1.807) is 11.8 Å². The summed E-state index contributed by atoms with van der Waals surface area (Å²) in [4.78, 5) is 27.1. The van der Waals surface area contributed by atoms with Crippen molar-refractivity contribution in [3.63, 3.8) is 0 Å². The molecule has 7 nitrogen and oxygen atoms in total.